The van der Waals surface area contributed by atoms with Crippen molar-refractivity contribution in [3.8, 4) is 0 Å². The van der Waals surface area contributed by atoms with Gasteiger partial charge in [0.25, 0.3) is 5.91 Å². The summed E-state index contributed by atoms with van der Waals surface area (Å²) in [6.07, 6.45) is 6.58. The molecule has 0 saturated carbocycles. The lowest BCUT2D eigenvalue weighted by Gasteiger charge is -2.34. The summed E-state index contributed by atoms with van der Waals surface area (Å²) >= 11 is 0. The highest BCUT2D eigenvalue weighted by molar-refractivity contribution is 5.92. The van der Waals surface area contributed by atoms with E-state index in [-0.39, 0.29) is 5.91 Å². The summed E-state index contributed by atoms with van der Waals surface area (Å²) < 4.78 is 0. The van der Waals surface area contributed by atoms with Crippen LogP contribution >= 0.6 is 0 Å². The maximum atomic E-state index is 12.8. The van der Waals surface area contributed by atoms with Gasteiger partial charge in [0.1, 0.15) is 11.5 Å². The van der Waals surface area contributed by atoms with Crippen LogP contribution in [0.2, 0.25) is 0 Å². The summed E-state index contributed by atoms with van der Waals surface area (Å²) in [5.41, 5.74) is 3.62. The number of amides is 1. The van der Waals surface area contributed by atoms with Crippen molar-refractivity contribution in [1.29, 1.82) is 0 Å². The quantitative estimate of drug-likeness (QED) is 0.734. The van der Waals surface area contributed by atoms with E-state index in [0.29, 0.717) is 43.6 Å². The molecule has 0 spiro atoms. The lowest BCUT2D eigenvalue weighted by molar-refractivity contribution is 0.0740. The first-order valence-electron chi connectivity index (χ1n) is 9.58. The molecule has 0 atom stereocenters. The minimum atomic E-state index is -0.107. The van der Waals surface area contributed by atoms with Crippen molar-refractivity contribution >= 4 is 23.4 Å². The van der Waals surface area contributed by atoms with E-state index in [1.165, 1.54) is 6.20 Å². The van der Waals surface area contributed by atoms with Gasteiger partial charge in [-0.1, -0.05) is 12.1 Å². The molecule has 1 amide bonds. The third-order valence-electron chi connectivity index (χ3n) is 4.93. The molecule has 1 saturated heterocycles. The van der Waals surface area contributed by atoms with E-state index in [4.69, 9.17) is 0 Å². The maximum Gasteiger partial charge on any atom is 0.274 e. The number of hydrogen-bond donors (Lipinski definition) is 1. The molecule has 8 heteroatoms. The number of carbonyl (C=O) groups excluding carboxylic acids is 1. The highest BCUT2D eigenvalue weighted by Crippen LogP contribution is 2.20. The number of piperazine rings is 1. The van der Waals surface area contributed by atoms with Gasteiger partial charge in [-0.3, -0.25) is 4.79 Å². The van der Waals surface area contributed by atoms with Gasteiger partial charge in [0.05, 0.1) is 12.4 Å². The summed E-state index contributed by atoms with van der Waals surface area (Å²) in [5.74, 6) is 1.20. The fraction of sp³-hybridized carbons (Fsp3) is 0.286. The van der Waals surface area contributed by atoms with Crippen LogP contribution in [0.4, 0.5) is 17.5 Å². The largest absolute Gasteiger partial charge is 0.339 e. The Labute approximate surface area is 169 Å². The Balaban J connectivity index is 1.38. The molecular weight excluding hydrogens is 366 g/mol. The molecule has 1 aromatic carbocycles. The number of anilines is 3. The monoisotopic (exact) mass is 389 g/mol. The van der Waals surface area contributed by atoms with E-state index in [1.54, 1.807) is 29.6 Å². The predicted molar refractivity (Wildman–Crippen MR) is 111 cm³/mol. The molecule has 2 aromatic heterocycles. The average molecular weight is 389 g/mol. The number of hydrogen-bond acceptors (Lipinski definition) is 7. The summed E-state index contributed by atoms with van der Waals surface area (Å²) in [6.45, 7) is 6.66. The zero-order valence-electron chi connectivity index (χ0n) is 16.5. The molecule has 0 aliphatic carbocycles. The van der Waals surface area contributed by atoms with Crippen LogP contribution in [0.5, 0.6) is 0 Å². The Morgan fingerprint density at radius 3 is 2.41 bits per heavy atom. The molecule has 8 nitrogen and oxygen atoms in total. The highest BCUT2D eigenvalue weighted by atomic mass is 16.2. The summed E-state index contributed by atoms with van der Waals surface area (Å²) in [4.78, 5) is 33.9. The number of benzene rings is 1. The van der Waals surface area contributed by atoms with Crippen molar-refractivity contribution in [2.75, 3.05) is 36.4 Å². The second-order valence-electron chi connectivity index (χ2n) is 7.06. The van der Waals surface area contributed by atoms with Crippen LogP contribution in [0.3, 0.4) is 0 Å². The highest BCUT2D eigenvalue weighted by Gasteiger charge is 2.24. The van der Waals surface area contributed by atoms with Gasteiger partial charge in [-0.15, -0.1) is 0 Å². The number of rotatable bonds is 4. The molecule has 148 valence electrons. The van der Waals surface area contributed by atoms with Crippen LogP contribution in [0.25, 0.3) is 0 Å². The van der Waals surface area contributed by atoms with Crippen molar-refractivity contribution < 1.29 is 4.79 Å². The van der Waals surface area contributed by atoms with Gasteiger partial charge in [0.2, 0.25) is 5.95 Å². The number of aryl methyl sites for hydroxylation is 2. The van der Waals surface area contributed by atoms with E-state index < -0.39 is 0 Å². The minimum absolute atomic E-state index is 0.107. The summed E-state index contributed by atoms with van der Waals surface area (Å²) in [5, 5.41) is 3.26. The Kier molecular flexibility index (Phi) is 5.33. The minimum Gasteiger partial charge on any atom is -0.339 e. The molecule has 29 heavy (non-hydrogen) atoms. The van der Waals surface area contributed by atoms with Gasteiger partial charge in [-0.25, -0.2) is 19.9 Å². The van der Waals surface area contributed by atoms with Crippen LogP contribution < -0.4 is 10.2 Å². The van der Waals surface area contributed by atoms with Crippen molar-refractivity contribution in [2.24, 2.45) is 0 Å². The first-order chi connectivity index (χ1) is 14.1. The Hall–Kier alpha value is -3.55. The SMILES string of the molecule is Cc1ccc(C)c(Nc2cnc(C(=O)N3CCN(c4ncccn4)CC3)cn2)c1. The topological polar surface area (TPSA) is 87.1 Å². The summed E-state index contributed by atoms with van der Waals surface area (Å²) in [7, 11) is 0. The molecule has 4 rings (SSSR count). The average Bonchev–Trinajstić information content (AvgIpc) is 2.77. The second kappa shape index (κ2) is 8.22. The van der Waals surface area contributed by atoms with Crippen molar-refractivity contribution in [3.05, 3.63) is 65.9 Å². The molecule has 1 aliphatic heterocycles. The van der Waals surface area contributed by atoms with Gasteiger partial charge >= 0.3 is 0 Å². The van der Waals surface area contributed by atoms with Gasteiger partial charge < -0.3 is 15.1 Å². The van der Waals surface area contributed by atoms with Gasteiger partial charge in [-0.2, -0.15) is 0 Å². The second-order valence-corrected chi connectivity index (χ2v) is 7.06. The van der Waals surface area contributed by atoms with E-state index in [2.05, 4.69) is 48.4 Å². The first-order valence-corrected chi connectivity index (χ1v) is 9.58. The van der Waals surface area contributed by atoms with Gasteiger partial charge in [-0.05, 0) is 37.1 Å². The van der Waals surface area contributed by atoms with E-state index in [0.717, 1.165) is 16.8 Å². The zero-order valence-corrected chi connectivity index (χ0v) is 16.5. The molecule has 3 heterocycles. The molecule has 1 aliphatic rings. The van der Waals surface area contributed by atoms with E-state index in [1.807, 2.05) is 13.8 Å². The first kappa shape index (κ1) is 18.8. The smallest absolute Gasteiger partial charge is 0.274 e. The predicted octanol–water partition coefficient (Wildman–Crippen LogP) is 2.59. The number of aromatic nitrogens is 4. The fourth-order valence-corrected chi connectivity index (χ4v) is 3.24. The standard InChI is InChI=1S/C21H23N7O/c1-15-4-5-16(2)17(12-15)26-19-14-24-18(13-25-19)20(29)27-8-10-28(11-9-27)21-22-6-3-7-23-21/h3-7,12-14H,8-11H2,1-2H3,(H,25,26). The van der Waals surface area contributed by atoms with Gasteiger partial charge in [0.15, 0.2) is 0 Å². The van der Waals surface area contributed by atoms with Crippen LogP contribution in [-0.2, 0) is 0 Å². The maximum absolute atomic E-state index is 12.8. The lowest BCUT2D eigenvalue weighted by atomic mass is 10.1. The van der Waals surface area contributed by atoms with Crippen molar-refractivity contribution in [1.82, 2.24) is 24.8 Å². The van der Waals surface area contributed by atoms with Crippen LogP contribution in [0, 0.1) is 13.8 Å². The molecular formula is C21H23N7O. The molecule has 1 fully saturated rings. The van der Waals surface area contributed by atoms with Crippen LogP contribution in [-0.4, -0.2) is 56.9 Å². The third kappa shape index (κ3) is 4.31. The van der Waals surface area contributed by atoms with Gasteiger partial charge in [0, 0.05) is 44.3 Å². The Morgan fingerprint density at radius 1 is 0.966 bits per heavy atom. The molecule has 3 aromatic rings. The molecule has 1 N–H and O–H groups in total. The Morgan fingerprint density at radius 2 is 1.72 bits per heavy atom. The number of nitrogens with zero attached hydrogens (tertiary/aromatic N) is 6. The van der Waals surface area contributed by atoms with E-state index >= 15 is 0 Å². The zero-order chi connectivity index (χ0) is 20.2. The molecule has 0 radical (unpaired) electrons. The number of nitrogens with one attached hydrogen (secondary N) is 1. The molecule has 0 unspecified atom stereocenters. The summed E-state index contributed by atoms with van der Waals surface area (Å²) in [6, 6.07) is 7.98. The van der Waals surface area contributed by atoms with E-state index in [9.17, 15) is 4.79 Å². The molecule has 0 bridgehead atoms. The van der Waals surface area contributed by atoms with Crippen LogP contribution in [0.1, 0.15) is 21.6 Å². The normalized spacial score (nSPS) is 14.0. The fourth-order valence-electron chi connectivity index (χ4n) is 3.24. The third-order valence-corrected chi connectivity index (χ3v) is 4.93. The Bertz CT molecular complexity index is 984. The van der Waals surface area contributed by atoms with Crippen molar-refractivity contribution in [2.45, 2.75) is 13.8 Å². The lowest BCUT2D eigenvalue weighted by Crippen LogP contribution is -2.49. The van der Waals surface area contributed by atoms with Crippen molar-refractivity contribution in [3.63, 3.8) is 0 Å². The van der Waals surface area contributed by atoms with Crippen LogP contribution in [0.15, 0.2) is 49.1 Å². The number of carbonyl (C=O) groups is 1.